The average Bonchev–Trinajstić information content (AvgIpc) is 3.24. The van der Waals surface area contributed by atoms with Crippen LogP contribution in [0.4, 0.5) is 11.4 Å². The zero-order valence-electron chi connectivity index (χ0n) is 17.6. The summed E-state index contributed by atoms with van der Waals surface area (Å²) in [7, 11) is 1.58. The van der Waals surface area contributed by atoms with Crippen LogP contribution in [0, 0.1) is 5.92 Å². The van der Waals surface area contributed by atoms with E-state index in [4.69, 9.17) is 9.72 Å². The maximum Gasteiger partial charge on any atom is 0.229 e. The van der Waals surface area contributed by atoms with E-state index in [0.717, 1.165) is 29.8 Å². The number of carbonyl (C=O) groups is 2. The maximum atomic E-state index is 12.9. The number of benzene rings is 2. The van der Waals surface area contributed by atoms with Crippen molar-refractivity contribution in [3.63, 3.8) is 0 Å². The van der Waals surface area contributed by atoms with Crippen LogP contribution in [0.5, 0.6) is 5.75 Å². The topological polar surface area (TPSA) is 76.5 Å². The highest BCUT2D eigenvalue weighted by Gasteiger charge is 2.36. The Morgan fingerprint density at radius 3 is 2.90 bits per heavy atom. The predicted octanol–water partition coefficient (Wildman–Crippen LogP) is 3.76. The molecule has 0 saturated carbocycles. The van der Waals surface area contributed by atoms with E-state index in [-0.39, 0.29) is 18.2 Å². The van der Waals surface area contributed by atoms with Gasteiger partial charge in [-0.3, -0.25) is 9.59 Å². The molecule has 0 bridgehead atoms. The third-order valence-electron chi connectivity index (χ3n) is 6.25. The minimum Gasteiger partial charge on any atom is -0.495 e. The molecule has 1 atom stereocenters. The zero-order chi connectivity index (χ0) is 21.4. The first kappa shape index (κ1) is 19.6. The SMILES string of the molecule is COc1ccccc1N1CC(C(=O)Nc2ccc3c(c2)nc2n3CCCCC2)CC1=O. The van der Waals surface area contributed by atoms with E-state index in [1.807, 2.05) is 42.5 Å². The van der Waals surface area contributed by atoms with Gasteiger partial charge in [0.2, 0.25) is 11.8 Å². The van der Waals surface area contributed by atoms with Crippen molar-refractivity contribution in [2.75, 3.05) is 23.9 Å². The van der Waals surface area contributed by atoms with Crippen LogP contribution in [0.1, 0.15) is 31.5 Å². The molecule has 2 amide bonds. The van der Waals surface area contributed by atoms with E-state index in [2.05, 4.69) is 9.88 Å². The third-order valence-corrected chi connectivity index (χ3v) is 6.25. The van der Waals surface area contributed by atoms with Gasteiger partial charge in [0.05, 0.1) is 29.7 Å². The molecule has 1 fully saturated rings. The van der Waals surface area contributed by atoms with Gasteiger partial charge in [0.15, 0.2) is 0 Å². The molecule has 1 aromatic heterocycles. The summed E-state index contributed by atoms with van der Waals surface area (Å²) in [4.78, 5) is 32.0. The Balaban J connectivity index is 1.32. The van der Waals surface area contributed by atoms with Crippen LogP contribution in [0.15, 0.2) is 42.5 Å². The second-order valence-electron chi connectivity index (χ2n) is 8.26. The third kappa shape index (κ3) is 3.65. The molecule has 0 spiro atoms. The number of nitrogens with one attached hydrogen (secondary N) is 1. The van der Waals surface area contributed by atoms with Crippen molar-refractivity contribution in [3.8, 4) is 5.75 Å². The fourth-order valence-corrected chi connectivity index (χ4v) is 4.64. The van der Waals surface area contributed by atoms with E-state index >= 15 is 0 Å². The summed E-state index contributed by atoms with van der Waals surface area (Å²) in [5, 5.41) is 2.99. The fraction of sp³-hybridized carbons (Fsp3) is 0.375. The Bertz CT molecular complexity index is 1150. The Labute approximate surface area is 181 Å². The van der Waals surface area contributed by atoms with Crippen molar-refractivity contribution in [1.82, 2.24) is 9.55 Å². The van der Waals surface area contributed by atoms with Gasteiger partial charge in [-0.15, -0.1) is 0 Å². The minimum absolute atomic E-state index is 0.0713. The van der Waals surface area contributed by atoms with Gasteiger partial charge in [-0.2, -0.15) is 0 Å². The van der Waals surface area contributed by atoms with E-state index in [1.165, 1.54) is 19.3 Å². The lowest BCUT2D eigenvalue weighted by Crippen LogP contribution is -2.28. The molecule has 3 heterocycles. The Morgan fingerprint density at radius 1 is 1.16 bits per heavy atom. The standard InChI is InChI=1S/C24H26N4O3/c1-31-21-8-5-4-7-20(21)28-15-16(13-23(28)29)24(30)25-17-10-11-19-18(14-17)26-22-9-3-2-6-12-27(19)22/h4-5,7-8,10-11,14,16H,2-3,6,9,12-13,15H2,1H3,(H,25,30). The normalized spacial score (nSPS) is 18.7. The van der Waals surface area contributed by atoms with Gasteiger partial charge in [-0.25, -0.2) is 4.98 Å². The number of amides is 2. The molecular weight excluding hydrogens is 392 g/mol. The molecule has 2 aromatic carbocycles. The Morgan fingerprint density at radius 2 is 2.03 bits per heavy atom. The lowest BCUT2D eigenvalue weighted by molar-refractivity contribution is -0.122. The van der Waals surface area contributed by atoms with Crippen molar-refractivity contribution in [3.05, 3.63) is 48.3 Å². The molecule has 2 aliphatic rings. The molecule has 1 N–H and O–H groups in total. The summed E-state index contributed by atoms with van der Waals surface area (Å²) in [5.74, 6) is 1.13. The number of aryl methyl sites for hydroxylation is 2. The van der Waals surface area contributed by atoms with Crippen molar-refractivity contribution in [1.29, 1.82) is 0 Å². The van der Waals surface area contributed by atoms with Crippen molar-refractivity contribution < 1.29 is 14.3 Å². The lowest BCUT2D eigenvalue weighted by atomic mass is 10.1. The molecule has 7 heteroatoms. The van der Waals surface area contributed by atoms with E-state index in [0.29, 0.717) is 23.7 Å². The number of para-hydroxylation sites is 2. The molecule has 1 unspecified atom stereocenters. The first-order valence-corrected chi connectivity index (χ1v) is 10.9. The number of aromatic nitrogens is 2. The van der Waals surface area contributed by atoms with Crippen molar-refractivity contribution in [2.45, 2.75) is 38.6 Å². The van der Waals surface area contributed by atoms with Gasteiger partial charge in [0.1, 0.15) is 11.6 Å². The van der Waals surface area contributed by atoms with Crippen LogP contribution < -0.4 is 15.0 Å². The molecule has 3 aromatic rings. The molecular formula is C24H26N4O3. The molecule has 0 radical (unpaired) electrons. The van der Waals surface area contributed by atoms with Crippen LogP contribution in [-0.4, -0.2) is 35.0 Å². The number of ether oxygens (including phenoxy) is 1. The highest BCUT2D eigenvalue weighted by atomic mass is 16.5. The monoisotopic (exact) mass is 418 g/mol. The summed E-state index contributed by atoms with van der Waals surface area (Å²) in [6.45, 7) is 1.34. The number of carbonyl (C=O) groups excluding carboxylic acids is 2. The van der Waals surface area contributed by atoms with Gasteiger partial charge in [-0.05, 0) is 43.2 Å². The molecule has 7 nitrogen and oxygen atoms in total. The molecule has 0 aliphatic carbocycles. The molecule has 160 valence electrons. The largest absolute Gasteiger partial charge is 0.495 e. The van der Waals surface area contributed by atoms with Crippen molar-refractivity contribution in [2.24, 2.45) is 5.92 Å². The van der Waals surface area contributed by atoms with E-state index < -0.39 is 5.92 Å². The molecule has 5 rings (SSSR count). The molecule has 31 heavy (non-hydrogen) atoms. The number of rotatable bonds is 4. The number of fused-ring (bicyclic) bond motifs is 3. The summed E-state index contributed by atoms with van der Waals surface area (Å²) < 4.78 is 7.68. The number of hydrogen-bond acceptors (Lipinski definition) is 4. The van der Waals surface area contributed by atoms with Crippen LogP contribution in [0.2, 0.25) is 0 Å². The first-order chi connectivity index (χ1) is 15.1. The van der Waals surface area contributed by atoms with Gasteiger partial charge in [0.25, 0.3) is 0 Å². The Hall–Kier alpha value is -3.35. The maximum absolute atomic E-state index is 12.9. The Kier molecular flexibility index (Phi) is 5.10. The van der Waals surface area contributed by atoms with Crippen LogP contribution in [0.25, 0.3) is 11.0 Å². The molecule has 2 aliphatic heterocycles. The van der Waals surface area contributed by atoms with Gasteiger partial charge in [-0.1, -0.05) is 18.6 Å². The van der Waals surface area contributed by atoms with Gasteiger partial charge in [0, 0.05) is 31.6 Å². The number of hydrogen-bond donors (Lipinski definition) is 1. The number of imidazole rings is 1. The molecule has 1 saturated heterocycles. The zero-order valence-corrected chi connectivity index (χ0v) is 17.6. The predicted molar refractivity (Wildman–Crippen MR) is 119 cm³/mol. The number of anilines is 2. The van der Waals surface area contributed by atoms with E-state index in [9.17, 15) is 9.59 Å². The van der Waals surface area contributed by atoms with Crippen molar-refractivity contribution >= 4 is 34.2 Å². The summed E-state index contributed by atoms with van der Waals surface area (Å²) in [5.41, 5.74) is 3.45. The smallest absolute Gasteiger partial charge is 0.229 e. The summed E-state index contributed by atoms with van der Waals surface area (Å²) in [6.07, 6.45) is 4.77. The second-order valence-corrected chi connectivity index (χ2v) is 8.26. The highest BCUT2D eigenvalue weighted by molar-refractivity contribution is 6.04. The van der Waals surface area contributed by atoms with E-state index in [1.54, 1.807) is 12.0 Å². The van der Waals surface area contributed by atoms with Crippen LogP contribution in [-0.2, 0) is 22.6 Å². The minimum atomic E-state index is -0.410. The van der Waals surface area contributed by atoms with Crippen LogP contribution >= 0.6 is 0 Å². The second kappa shape index (κ2) is 8.06. The summed E-state index contributed by atoms with van der Waals surface area (Å²) in [6, 6.07) is 13.3. The quantitative estimate of drug-likeness (QED) is 0.700. The highest BCUT2D eigenvalue weighted by Crippen LogP contribution is 2.33. The van der Waals surface area contributed by atoms with Gasteiger partial charge >= 0.3 is 0 Å². The number of methoxy groups -OCH3 is 1. The van der Waals surface area contributed by atoms with Gasteiger partial charge < -0.3 is 19.5 Å². The number of nitrogens with zero attached hydrogens (tertiary/aromatic N) is 3. The lowest BCUT2D eigenvalue weighted by Gasteiger charge is -2.19. The first-order valence-electron chi connectivity index (χ1n) is 10.9. The fourth-order valence-electron chi connectivity index (χ4n) is 4.64. The van der Waals surface area contributed by atoms with Crippen LogP contribution in [0.3, 0.4) is 0 Å². The summed E-state index contributed by atoms with van der Waals surface area (Å²) >= 11 is 0. The average molecular weight is 418 g/mol.